The summed E-state index contributed by atoms with van der Waals surface area (Å²) in [6.45, 7) is 0. The van der Waals surface area contributed by atoms with Crippen LogP contribution in [0, 0.1) is 0 Å². The zero-order valence-electron chi connectivity index (χ0n) is 15.1. The van der Waals surface area contributed by atoms with Crippen LogP contribution < -0.4 is 14.8 Å². The number of carbonyl (C=O) groups excluding carboxylic acids is 1. The van der Waals surface area contributed by atoms with Crippen molar-refractivity contribution in [3.05, 3.63) is 82.3 Å². The summed E-state index contributed by atoms with van der Waals surface area (Å²) in [6.07, 6.45) is 0. The third-order valence-corrected chi connectivity index (χ3v) is 6.14. The maximum Gasteiger partial charge on any atom is 0.262 e. The van der Waals surface area contributed by atoms with Gasteiger partial charge in [-0.25, -0.2) is 8.42 Å². The minimum Gasteiger partial charge on any atom is -0.495 e. The predicted octanol–water partition coefficient (Wildman–Crippen LogP) is 5.06. The van der Waals surface area contributed by atoms with Crippen LogP contribution in [-0.4, -0.2) is 21.4 Å². The van der Waals surface area contributed by atoms with E-state index in [9.17, 15) is 13.2 Å². The number of anilines is 2. The fourth-order valence-corrected chi connectivity index (χ4v) is 4.02. The van der Waals surface area contributed by atoms with Crippen molar-refractivity contribution in [2.75, 3.05) is 17.1 Å². The van der Waals surface area contributed by atoms with Crippen molar-refractivity contribution >= 4 is 50.5 Å². The molecule has 0 aliphatic heterocycles. The smallest absolute Gasteiger partial charge is 0.262 e. The number of benzene rings is 3. The molecule has 3 rings (SSSR count). The highest BCUT2D eigenvalue weighted by Crippen LogP contribution is 2.33. The van der Waals surface area contributed by atoms with E-state index in [0.29, 0.717) is 11.3 Å². The maximum atomic E-state index is 12.8. The summed E-state index contributed by atoms with van der Waals surface area (Å²) in [5, 5.41) is 2.98. The van der Waals surface area contributed by atoms with Crippen LogP contribution in [0.25, 0.3) is 0 Å². The van der Waals surface area contributed by atoms with Gasteiger partial charge in [0.25, 0.3) is 15.9 Å². The van der Waals surface area contributed by atoms with Crippen molar-refractivity contribution in [2.45, 2.75) is 4.90 Å². The van der Waals surface area contributed by atoms with Gasteiger partial charge < -0.3 is 10.1 Å². The Morgan fingerprint density at radius 1 is 0.931 bits per heavy atom. The van der Waals surface area contributed by atoms with E-state index in [1.165, 1.54) is 31.4 Å². The Bertz CT molecular complexity index is 1150. The van der Waals surface area contributed by atoms with Crippen LogP contribution >= 0.6 is 23.2 Å². The molecule has 0 atom stereocenters. The number of methoxy groups -OCH3 is 1. The van der Waals surface area contributed by atoms with Gasteiger partial charge in [0.05, 0.1) is 33.4 Å². The lowest BCUT2D eigenvalue weighted by Gasteiger charge is -2.14. The molecular weight excluding hydrogens is 435 g/mol. The van der Waals surface area contributed by atoms with Crippen molar-refractivity contribution in [1.29, 1.82) is 0 Å². The number of hydrogen-bond donors (Lipinski definition) is 2. The van der Waals surface area contributed by atoms with Gasteiger partial charge >= 0.3 is 0 Å². The summed E-state index contributed by atoms with van der Waals surface area (Å²) in [5.74, 6) is -0.0849. The lowest BCUT2D eigenvalue weighted by Crippen LogP contribution is -2.16. The van der Waals surface area contributed by atoms with Crippen molar-refractivity contribution in [2.24, 2.45) is 0 Å². The Morgan fingerprint density at radius 3 is 2.34 bits per heavy atom. The highest BCUT2D eigenvalue weighted by Gasteiger charge is 2.20. The zero-order valence-corrected chi connectivity index (χ0v) is 17.5. The van der Waals surface area contributed by atoms with Gasteiger partial charge in [-0.2, -0.15) is 0 Å². The zero-order chi connectivity index (χ0) is 21.0. The maximum absolute atomic E-state index is 12.8. The van der Waals surface area contributed by atoms with Gasteiger partial charge in [-0.05, 0) is 42.5 Å². The number of carbonyl (C=O) groups is 1. The minimum absolute atomic E-state index is 0.0855. The molecule has 0 heterocycles. The fraction of sp³-hybridized carbons (Fsp3) is 0.0500. The van der Waals surface area contributed by atoms with Gasteiger partial charge in [0.2, 0.25) is 0 Å². The standard InChI is InChI=1S/C20H16Cl2N2O4S/c1-28-18-11-10-14(12-17(18)23-20(25)13-6-3-2-4-7-13)29(26,27)24-16-9-5-8-15(21)19(16)22/h2-12,24H,1H3,(H,23,25). The molecule has 6 nitrogen and oxygen atoms in total. The van der Waals surface area contributed by atoms with Gasteiger partial charge in [-0.15, -0.1) is 0 Å². The molecule has 9 heteroatoms. The fourth-order valence-electron chi connectivity index (χ4n) is 2.52. The van der Waals surface area contributed by atoms with E-state index < -0.39 is 15.9 Å². The Morgan fingerprint density at radius 2 is 1.66 bits per heavy atom. The van der Waals surface area contributed by atoms with Crippen molar-refractivity contribution < 1.29 is 17.9 Å². The highest BCUT2D eigenvalue weighted by molar-refractivity contribution is 7.92. The number of hydrogen-bond acceptors (Lipinski definition) is 4. The number of halogens is 2. The molecule has 0 aliphatic rings. The molecule has 0 fully saturated rings. The molecule has 0 saturated heterocycles. The molecular formula is C20H16Cl2N2O4S. The topological polar surface area (TPSA) is 84.5 Å². The quantitative estimate of drug-likeness (QED) is 0.549. The molecule has 0 aromatic heterocycles. The molecule has 0 radical (unpaired) electrons. The van der Waals surface area contributed by atoms with E-state index in [1.807, 2.05) is 0 Å². The van der Waals surface area contributed by atoms with Gasteiger partial charge in [0.15, 0.2) is 0 Å². The molecule has 150 valence electrons. The third-order valence-electron chi connectivity index (χ3n) is 3.96. The number of ether oxygens (including phenoxy) is 1. The van der Waals surface area contributed by atoms with E-state index in [2.05, 4.69) is 10.0 Å². The van der Waals surface area contributed by atoms with E-state index in [-0.39, 0.29) is 26.3 Å². The second-order valence-electron chi connectivity index (χ2n) is 5.89. The van der Waals surface area contributed by atoms with Crippen LogP contribution in [0.4, 0.5) is 11.4 Å². The van der Waals surface area contributed by atoms with E-state index in [0.717, 1.165) is 0 Å². The Balaban J connectivity index is 1.93. The van der Waals surface area contributed by atoms with Crippen molar-refractivity contribution in [3.8, 4) is 5.75 Å². The summed E-state index contributed by atoms with van der Waals surface area (Å²) in [4.78, 5) is 12.4. The molecule has 0 spiro atoms. The normalized spacial score (nSPS) is 11.0. The molecule has 1 amide bonds. The van der Waals surface area contributed by atoms with Crippen LogP contribution in [0.3, 0.4) is 0 Å². The SMILES string of the molecule is COc1ccc(S(=O)(=O)Nc2cccc(Cl)c2Cl)cc1NC(=O)c1ccccc1. The number of sulfonamides is 1. The van der Waals surface area contributed by atoms with Crippen molar-refractivity contribution in [3.63, 3.8) is 0 Å². The molecule has 3 aromatic carbocycles. The first-order valence-electron chi connectivity index (χ1n) is 8.33. The lowest BCUT2D eigenvalue weighted by atomic mass is 10.2. The summed E-state index contributed by atoms with van der Waals surface area (Å²) in [7, 11) is -2.58. The molecule has 29 heavy (non-hydrogen) atoms. The third kappa shape index (κ3) is 4.82. The van der Waals surface area contributed by atoms with Gasteiger partial charge in [-0.1, -0.05) is 47.5 Å². The Kier molecular flexibility index (Phi) is 6.32. The summed E-state index contributed by atoms with van der Waals surface area (Å²) in [5.41, 5.74) is 0.776. The van der Waals surface area contributed by atoms with Crippen LogP contribution in [0.1, 0.15) is 10.4 Å². The van der Waals surface area contributed by atoms with E-state index in [4.69, 9.17) is 27.9 Å². The van der Waals surface area contributed by atoms with Gasteiger partial charge in [-0.3, -0.25) is 9.52 Å². The first-order valence-corrected chi connectivity index (χ1v) is 10.6. The Hall–Kier alpha value is -2.74. The first kappa shape index (κ1) is 21.0. The first-order chi connectivity index (χ1) is 13.8. The van der Waals surface area contributed by atoms with Gasteiger partial charge in [0, 0.05) is 5.56 Å². The number of rotatable bonds is 6. The van der Waals surface area contributed by atoms with E-state index in [1.54, 1.807) is 42.5 Å². The summed E-state index contributed by atoms with van der Waals surface area (Å²) >= 11 is 12.0. The molecule has 0 saturated carbocycles. The van der Waals surface area contributed by atoms with Gasteiger partial charge in [0.1, 0.15) is 5.75 Å². The largest absolute Gasteiger partial charge is 0.495 e. The predicted molar refractivity (Wildman–Crippen MR) is 115 cm³/mol. The molecule has 0 bridgehead atoms. The highest BCUT2D eigenvalue weighted by atomic mass is 35.5. The summed E-state index contributed by atoms with van der Waals surface area (Å²) < 4.78 is 33.2. The summed E-state index contributed by atoms with van der Waals surface area (Å²) in [6, 6.07) is 17.3. The number of nitrogens with one attached hydrogen (secondary N) is 2. The van der Waals surface area contributed by atoms with Crippen LogP contribution in [0.2, 0.25) is 10.0 Å². The monoisotopic (exact) mass is 450 g/mol. The van der Waals surface area contributed by atoms with E-state index >= 15 is 0 Å². The molecule has 2 N–H and O–H groups in total. The molecule has 0 aliphatic carbocycles. The average molecular weight is 451 g/mol. The molecule has 3 aromatic rings. The molecule has 0 unspecified atom stereocenters. The number of amides is 1. The lowest BCUT2D eigenvalue weighted by molar-refractivity contribution is 0.102. The van der Waals surface area contributed by atoms with Crippen LogP contribution in [0.15, 0.2) is 71.6 Å². The average Bonchev–Trinajstić information content (AvgIpc) is 2.72. The second-order valence-corrected chi connectivity index (χ2v) is 8.36. The van der Waals surface area contributed by atoms with Crippen molar-refractivity contribution in [1.82, 2.24) is 0 Å². The minimum atomic E-state index is -4.00. The Labute approximate surface area is 178 Å². The second kappa shape index (κ2) is 8.73. The van der Waals surface area contributed by atoms with Crippen LogP contribution in [-0.2, 0) is 10.0 Å². The van der Waals surface area contributed by atoms with Crippen LogP contribution in [0.5, 0.6) is 5.75 Å².